The molecule has 0 aliphatic carbocycles. The number of benzene rings is 2. The molecule has 3 N–H and O–H groups in total. The maximum absolute atomic E-state index is 14.2. The first kappa shape index (κ1) is 32.5. The van der Waals surface area contributed by atoms with E-state index < -0.39 is 35.0 Å². The smallest absolute Gasteiger partial charge is 0.274 e. The van der Waals surface area contributed by atoms with Crippen LogP contribution in [0.2, 0.25) is 0 Å². The van der Waals surface area contributed by atoms with E-state index in [0.717, 1.165) is 6.07 Å². The third-order valence-corrected chi connectivity index (χ3v) is 6.49. The van der Waals surface area contributed by atoms with Gasteiger partial charge in [-0.1, -0.05) is 12.1 Å². The van der Waals surface area contributed by atoms with E-state index in [2.05, 4.69) is 20.6 Å². The summed E-state index contributed by atoms with van der Waals surface area (Å²) < 4.78 is 39.3. The summed E-state index contributed by atoms with van der Waals surface area (Å²) in [6.45, 7) is -0.278. The van der Waals surface area contributed by atoms with Gasteiger partial charge in [0, 0.05) is 33.5 Å². The average molecular weight is 623 g/mol. The summed E-state index contributed by atoms with van der Waals surface area (Å²) in [5.74, 6) is -2.56. The third-order valence-electron chi connectivity index (χ3n) is 6.49. The van der Waals surface area contributed by atoms with Crippen LogP contribution in [0.3, 0.4) is 0 Å². The molecule has 0 aliphatic heterocycles. The number of likely N-dealkylation sites (N-methyl/N-ethyl adjacent to an activating group) is 1. The Balaban J connectivity index is 1.50. The lowest BCUT2D eigenvalue weighted by Gasteiger charge is -2.18. The van der Waals surface area contributed by atoms with Crippen molar-refractivity contribution in [3.05, 3.63) is 94.7 Å². The van der Waals surface area contributed by atoms with Gasteiger partial charge in [-0.3, -0.25) is 19.2 Å². The molecular formula is C31H32F2N6O6. The Bertz CT molecular complexity index is 1780. The van der Waals surface area contributed by atoms with Crippen LogP contribution < -0.4 is 20.9 Å². The van der Waals surface area contributed by atoms with Crippen LogP contribution in [0.15, 0.2) is 71.7 Å². The zero-order valence-electron chi connectivity index (χ0n) is 24.8. The molecule has 12 nitrogen and oxygen atoms in total. The van der Waals surface area contributed by atoms with Crippen LogP contribution in [0.1, 0.15) is 18.7 Å². The number of carbonyl (C=O) groups is 3. The number of halogens is 2. The number of pyridine rings is 1. The molecule has 4 aromatic rings. The van der Waals surface area contributed by atoms with Gasteiger partial charge < -0.3 is 34.6 Å². The third kappa shape index (κ3) is 8.60. The number of carbonyl (C=O) groups excluding carboxylic acids is 3. The first-order valence-corrected chi connectivity index (χ1v) is 13.8. The van der Waals surface area contributed by atoms with E-state index in [1.807, 2.05) is 0 Å². The van der Waals surface area contributed by atoms with E-state index in [0.29, 0.717) is 29.3 Å². The number of nitrogens with one attached hydrogen (secondary N) is 3. The summed E-state index contributed by atoms with van der Waals surface area (Å²) in [5.41, 5.74) is 0.358. The lowest BCUT2D eigenvalue weighted by molar-refractivity contribution is -0.129. The molecular weight excluding hydrogens is 590 g/mol. The Kier molecular flexibility index (Phi) is 10.8. The Hall–Kier alpha value is -5.37. The molecule has 0 radical (unpaired) electrons. The van der Waals surface area contributed by atoms with Crippen LogP contribution in [0.4, 0.5) is 14.5 Å². The number of anilines is 1. The van der Waals surface area contributed by atoms with Crippen molar-refractivity contribution >= 4 is 34.4 Å². The van der Waals surface area contributed by atoms with Crippen LogP contribution in [-0.4, -0.2) is 71.0 Å². The lowest BCUT2D eigenvalue weighted by Crippen LogP contribution is -2.45. The molecule has 2 aromatic carbocycles. The van der Waals surface area contributed by atoms with Crippen LogP contribution in [0.5, 0.6) is 11.5 Å². The highest BCUT2D eigenvalue weighted by molar-refractivity contribution is 5.97. The summed E-state index contributed by atoms with van der Waals surface area (Å²) in [6.07, 6.45) is 4.94. The van der Waals surface area contributed by atoms with Crippen LogP contribution in [0.25, 0.3) is 11.0 Å². The van der Waals surface area contributed by atoms with Crippen molar-refractivity contribution in [1.29, 1.82) is 0 Å². The maximum atomic E-state index is 14.2. The van der Waals surface area contributed by atoms with Crippen molar-refractivity contribution in [3.63, 3.8) is 0 Å². The van der Waals surface area contributed by atoms with Crippen molar-refractivity contribution < 1.29 is 32.6 Å². The summed E-state index contributed by atoms with van der Waals surface area (Å²) in [5, 5.41) is 5.17. The summed E-state index contributed by atoms with van der Waals surface area (Å²) in [6, 6.07) is 9.92. The van der Waals surface area contributed by atoms with E-state index in [1.54, 1.807) is 44.4 Å². The van der Waals surface area contributed by atoms with Gasteiger partial charge in [0.15, 0.2) is 17.3 Å². The number of para-hydroxylation sites is 1. The van der Waals surface area contributed by atoms with Gasteiger partial charge in [-0.15, -0.1) is 0 Å². The Morgan fingerprint density at radius 1 is 1.11 bits per heavy atom. The maximum Gasteiger partial charge on any atom is 0.274 e. The van der Waals surface area contributed by atoms with E-state index in [-0.39, 0.29) is 42.7 Å². The highest BCUT2D eigenvalue weighted by Crippen LogP contribution is 2.30. The van der Waals surface area contributed by atoms with Gasteiger partial charge >= 0.3 is 0 Å². The van der Waals surface area contributed by atoms with Crippen molar-refractivity contribution in [1.82, 2.24) is 24.8 Å². The van der Waals surface area contributed by atoms with Crippen LogP contribution >= 0.6 is 0 Å². The van der Waals surface area contributed by atoms with Gasteiger partial charge in [0.2, 0.25) is 17.7 Å². The summed E-state index contributed by atoms with van der Waals surface area (Å²) in [7, 11) is 4.57. The first-order chi connectivity index (χ1) is 21.5. The summed E-state index contributed by atoms with van der Waals surface area (Å²) >= 11 is 0. The molecule has 236 valence electrons. The lowest BCUT2D eigenvalue weighted by atomic mass is 10.1. The zero-order valence-corrected chi connectivity index (χ0v) is 24.8. The fourth-order valence-electron chi connectivity index (χ4n) is 4.26. The standard InChI is InChI=1S/C31H32F2N6O6/c1-38(2)28(41)12-5-4-8-22(35-27(40)18-44-3)30(42)36-23-10-7-15-39(31(23)43)17-26-34-21-9-6-11-25(29(21)37-26)45-24-14-13-19(32)16-20(24)33/h5-7,9-16,22H,4,8,17-18H2,1-3H3,(H,34,37)(H,35,40)(H,36,42)/b12-5+. The number of imidazole rings is 1. The Morgan fingerprint density at radius 3 is 2.64 bits per heavy atom. The Morgan fingerprint density at radius 2 is 1.91 bits per heavy atom. The fraction of sp³-hybridized carbons (Fsp3) is 0.258. The molecule has 0 spiro atoms. The number of allylic oxidation sites excluding steroid dienone is 1. The van der Waals surface area contributed by atoms with Crippen molar-refractivity contribution in [2.45, 2.75) is 25.4 Å². The van der Waals surface area contributed by atoms with Crippen LogP contribution in [-0.2, 0) is 25.7 Å². The molecule has 45 heavy (non-hydrogen) atoms. The van der Waals surface area contributed by atoms with Gasteiger partial charge in [0.25, 0.3) is 5.56 Å². The molecule has 2 aromatic heterocycles. The summed E-state index contributed by atoms with van der Waals surface area (Å²) in [4.78, 5) is 59.4. The molecule has 0 aliphatic rings. The predicted octanol–water partition coefficient (Wildman–Crippen LogP) is 3.34. The average Bonchev–Trinajstić information content (AvgIpc) is 3.41. The number of rotatable bonds is 13. The highest BCUT2D eigenvalue weighted by Gasteiger charge is 2.22. The second kappa shape index (κ2) is 14.9. The molecule has 0 bridgehead atoms. The van der Waals surface area contributed by atoms with Gasteiger partial charge in [-0.25, -0.2) is 13.8 Å². The number of aromatic nitrogens is 3. The number of aromatic amines is 1. The van der Waals surface area contributed by atoms with E-state index >= 15 is 0 Å². The molecule has 0 fully saturated rings. The molecule has 4 rings (SSSR count). The molecule has 1 atom stereocenters. The fourth-order valence-corrected chi connectivity index (χ4v) is 4.26. The van der Waals surface area contributed by atoms with E-state index in [4.69, 9.17) is 9.47 Å². The number of ether oxygens (including phenoxy) is 2. The van der Waals surface area contributed by atoms with E-state index in [9.17, 15) is 28.0 Å². The van der Waals surface area contributed by atoms with Crippen molar-refractivity contribution in [3.8, 4) is 11.5 Å². The number of hydrogen-bond acceptors (Lipinski definition) is 7. The number of nitrogens with zero attached hydrogens (tertiary/aromatic N) is 3. The number of methoxy groups -OCH3 is 1. The minimum atomic E-state index is -1.01. The molecule has 0 saturated heterocycles. The molecule has 0 saturated carbocycles. The number of hydrogen-bond donors (Lipinski definition) is 3. The van der Waals surface area contributed by atoms with Crippen LogP contribution in [0, 0.1) is 11.6 Å². The normalized spacial score (nSPS) is 11.8. The van der Waals surface area contributed by atoms with Crippen molar-refractivity contribution in [2.75, 3.05) is 33.1 Å². The van der Waals surface area contributed by atoms with E-state index in [1.165, 1.54) is 41.0 Å². The topological polar surface area (TPSA) is 148 Å². The monoisotopic (exact) mass is 622 g/mol. The number of H-pyrrole nitrogens is 1. The molecule has 14 heteroatoms. The molecule has 1 unspecified atom stereocenters. The quantitative estimate of drug-likeness (QED) is 0.194. The zero-order chi connectivity index (χ0) is 32.5. The first-order valence-electron chi connectivity index (χ1n) is 13.8. The predicted molar refractivity (Wildman–Crippen MR) is 162 cm³/mol. The van der Waals surface area contributed by atoms with Gasteiger partial charge in [0.1, 0.15) is 35.5 Å². The second-order valence-corrected chi connectivity index (χ2v) is 10.1. The number of amides is 3. The van der Waals surface area contributed by atoms with Crippen molar-refractivity contribution in [2.24, 2.45) is 0 Å². The number of fused-ring (bicyclic) bond motifs is 1. The molecule has 2 heterocycles. The minimum absolute atomic E-state index is 0.0136. The Labute approximate surface area is 256 Å². The largest absolute Gasteiger partial charge is 0.452 e. The van der Waals surface area contributed by atoms with Gasteiger partial charge in [-0.05, 0) is 55.3 Å². The van der Waals surface area contributed by atoms with Gasteiger partial charge in [-0.2, -0.15) is 0 Å². The molecule has 3 amide bonds. The van der Waals surface area contributed by atoms with Gasteiger partial charge in [0.05, 0.1) is 12.1 Å². The highest BCUT2D eigenvalue weighted by atomic mass is 19.1. The SMILES string of the molecule is COCC(=O)NC(CC/C=C/C(=O)N(C)C)C(=O)Nc1cccn(Cc2nc3c(Oc4ccc(F)cc4F)cccc3[nH]2)c1=O. The minimum Gasteiger partial charge on any atom is -0.452 e. The second-order valence-electron chi connectivity index (χ2n) is 10.1.